The van der Waals surface area contributed by atoms with Gasteiger partial charge in [-0.05, 0) is 61.2 Å². The number of benzene rings is 2. The van der Waals surface area contributed by atoms with Gasteiger partial charge in [0, 0.05) is 22.7 Å². The summed E-state index contributed by atoms with van der Waals surface area (Å²) < 4.78 is 14.0. The third kappa shape index (κ3) is 4.65. The lowest BCUT2D eigenvalue weighted by Crippen LogP contribution is -2.34. The summed E-state index contributed by atoms with van der Waals surface area (Å²) in [5, 5.41) is 2.98. The number of anilines is 1. The van der Waals surface area contributed by atoms with E-state index in [0.29, 0.717) is 19.1 Å². The number of nitrogens with zero attached hydrogens (tertiary/aromatic N) is 1. The molecule has 0 unspecified atom stereocenters. The Kier molecular flexibility index (Phi) is 5.31. The van der Waals surface area contributed by atoms with Crippen LogP contribution in [0.1, 0.15) is 24.0 Å². The first kappa shape index (κ1) is 17.1. The van der Waals surface area contributed by atoms with Crippen LogP contribution in [0, 0.1) is 12.7 Å². The number of amides is 1. The molecule has 0 heterocycles. The predicted molar refractivity (Wildman–Crippen MR) is 97.3 cm³/mol. The number of carbonyl (C=O) groups is 1. The zero-order chi connectivity index (χ0) is 17.1. The summed E-state index contributed by atoms with van der Waals surface area (Å²) in [6, 6.07) is 12.7. The van der Waals surface area contributed by atoms with E-state index in [1.165, 1.54) is 12.1 Å². The highest BCUT2D eigenvalue weighted by Crippen LogP contribution is 2.28. The molecule has 1 aliphatic rings. The average molecular weight is 391 g/mol. The summed E-state index contributed by atoms with van der Waals surface area (Å²) in [6.07, 6.45) is 2.23. The van der Waals surface area contributed by atoms with Gasteiger partial charge in [-0.1, -0.05) is 28.1 Å². The third-order valence-corrected chi connectivity index (χ3v) is 4.66. The minimum atomic E-state index is -0.236. The minimum absolute atomic E-state index is 0.0190. The zero-order valence-corrected chi connectivity index (χ0v) is 15.1. The third-order valence-electron chi connectivity index (χ3n) is 4.17. The van der Waals surface area contributed by atoms with E-state index in [1.54, 1.807) is 12.1 Å². The second-order valence-corrected chi connectivity index (χ2v) is 7.19. The van der Waals surface area contributed by atoms with E-state index in [4.69, 9.17) is 0 Å². The van der Waals surface area contributed by atoms with Gasteiger partial charge < -0.3 is 5.32 Å². The smallest absolute Gasteiger partial charge is 0.238 e. The number of nitrogens with one attached hydrogen (secondary N) is 1. The Hall–Kier alpha value is -1.72. The Labute approximate surface area is 150 Å². The summed E-state index contributed by atoms with van der Waals surface area (Å²) in [7, 11) is 0. The predicted octanol–water partition coefficient (Wildman–Crippen LogP) is 4.50. The number of aryl methyl sites for hydroxylation is 1. The first-order chi connectivity index (χ1) is 11.5. The Morgan fingerprint density at radius 3 is 2.58 bits per heavy atom. The van der Waals surface area contributed by atoms with Crippen molar-refractivity contribution in [3.63, 3.8) is 0 Å². The van der Waals surface area contributed by atoms with Gasteiger partial charge in [0.15, 0.2) is 0 Å². The molecule has 0 saturated heterocycles. The Bertz CT molecular complexity index is 729. The first-order valence-electron chi connectivity index (χ1n) is 8.06. The summed E-state index contributed by atoms with van der Waals surface area (Å²) in [4.78, 5) is 14.6. The molecular weight excluding hydrogens is 371 g/mol. The van der Waals surface area contributed by atoms with E-state index in [1.807, 2.05) is 25.1 Å². The van der Waals surface area contributed by atoms with Crippen LogP contribution in [0.4, 0.5) is 10.1 Å². The standard InChI is InChI=1S/C19H20BrFN2O/c1-13-10-15(20)4-9-18(13)22-19(24)12-23(17-7-8-17)11-14-2-5-16(21)6-3-14/h2-6,9-10,17H,7-8,11-12H2,1H3,(H,22,24). The van der Waals surface area contributed by atoms with Crippen LogP contribution in [0.5, 0.6) is 0 Å². The number of rotatable bonds is 6. The minimum Gasteiger partial charge on any atom is -0.325 e. The van der Waals surface area contributed by atoms with Crippen LogP contribution in [-0.2, 0) is 11.3 Å². The molecule has 5 heteroatoms. The van der Waals surface area contributed by atoms with E-state index in [0.717, 1.165) is 34.1 Å². The monoisotopic (exact) mass is 390 g/mol. The second-order valence-electron chi connectivity index (χ2n) is 6.27. The molecule has 126 valence electrons. The van der Waals surface area contributed by atoms with Gasteiger partial charge in [0.2, 0.25) is 5.91 Å². The highest BCUT2D eigenvalue weighted by molar-refractivity contribution is 9.10. The Morgan fingerprint density at radius 1 is 1.25 bits per heavy atom. The molecule has 24 heavy (non-hydrogen) atoms. The maximum atomic E-state index is 13.0. The van der Waals surface area contributed by atoms with Gasteiger partial charge in [0.05, 0.1) is 6.54 Å². The van der Waals surface area contributed by atoms with Crippen molar-refractivity contribution in [3.8, 4) is 0 Å². The van der Waals surface area contributed by atoms with Gasteiger partial charge >= 0.3 is 0 Å². The van der Waals surface area contributed by atoms with Crippen molar-refractivity contribution in [2.45, 2.75) is 32.4 Å². The highest BCUT2D eigenvalue weighted by atomic mass is 79.9. The van der Waals surface area contributed by atoms with Crippen LogP contribution < -0.4 is 5.32 Å². The van der Waals surface area contributed by atoms with Crippen LogP contribution in [0.25, 0.3) is 0 Å². The fourth-order valence-corrected chi connectivity index (χ4v) is 3.20. The van der Waals surface area contributed by atoms with E-state index in [2.05, 4.69) is 26.1 Å². The molecule has 3 rings (SSSR count). The molecule has 0 atom stereocenters. The van der Waals surface area contributed by atoms with Crippen LogP contribution in [0.15, 0.2) is 46.9 Å². The largest absolute Gasteiger partial charge is 0.325 e. The van der Waals surface area contributed by atoms with Crippen LogP contribution in [0.3, 0.4) is 0 Å². The summed E-state index contributed by atoms with van der Waals surface area (Å²) >= 11 is 3.42. The van der Waals surface area contributed by atoms with Crippen molar-refractivity contribution in [1.29, 1.82) is 0 Å². The molecule has 1 amide bonds. The van der Waals surface area contributed by atoms with E-state index >= 15 is 0 Å². The van der Waals surface area contributed by atoms with Crippen molar-refractivity contribution in [2.75, 3.05) is 11.9 Å². The molecule has 1 saturated carbocycles. The number of hydrogen-bond acceptors (Lipinski definition) is 2. The summed E-state index contributed by atoms with van der Waals surface area (Å²) in [6.45, 7) is 2.98. The van der Waals surface area contributed by atoms with E-state index in [-0.39, 0.29) is 11.7 Å². The lowest BCUT2D eigenvalue weighted by Gasteiger charge is -2.22. The van der Waals surface area contributed by atoms with Crippen molar-refractivity contribution < 1.29 is 9.18 Å². The number of hydrogen-bond donors (Lipinski definition) is 1. The van der Waals surface area contributed by atoms with E-state index < -0.39 is 0 Å². The molecule has 3 nitrogen and oxygen atoms in total. The molecule has 1 fully saturated rings. The summed E-state index contributed by atoms with van der Waals surface area (Å²) in [5.41, 5.74) is 2.88. The van der Waals surface area contributed by atoms with Gasteiger partial charge in [-0.2, -0.15) is 0 Å². The molecule has 0 radical (unpaired) electrons. The fraction of sp³-hybridized carbons (Fsp3) is 0.316. The van der Waals surface area contributed by atoms with Gasteiger partial charge in [0.25, 0.3) is 0 Å². The fourth-order valence-electron chi connectivity index (χ4n) is 2.72. The van der Waals surface area contributed by atoms with Crippen molar-refractivity contribution in [3.05, 3.63) is 63.9 Å². The van der Waals surface area contributed by atoms with Crippen LogP contribution >= 0.6 is 15.9 Å². The van der Waals surface area contributed by atoms with Crippen molar-refractivity contribution in [2.24, 2.45) is 0 Å². The average Bonchev–Trinajstić information content (AvgIpc) is 3.36. The van der Waals surface area contributed by atoms with Crippen molar-refractivity contribution in [1.82, 2.24) is 4.90 Å². The summed E-state index contributed by atoms with van der Waals surface area (Å²) in [5.74, 6) is -0.255. The quantitative estimate of drug-likeness (QED) is 0.787. The van der Waals surface area contributed by atoms with Gasteiger partial charge in [-0.3, -0.25) is 9.69 Å². The zero-order valence-electron chi connectivity index (χ0n) is 13.6. The normalized spacial score (nSPS) is 14.0. The molecule has 2 aromatic rings. The van der Waals surface area contributed by atoms with Gasteiger partial charge in [-0.25, -0.2) is 4.39 Å². The molecule has 1 aliphatic carbocycles. The molecule has 0 spiro atoms. The lowest BCUT2D eigenvalue weighted by atomic mass is 10.2. The highest BCUT2D eigenvalue weighted by Gasteiger charge is 2.30. The number of halogens is 2. The van der Waals surface area contributed by atoms with Crippen LogP contribution in [-0.4, -0.2) is 23.4 Å². The second kappa shape index (κ2) is 7.45. The van der Waals surface area contributed by atoms with E-state index in [9.17, 15) is 9.18 Å². The van der Waals surface area contributed by atoms with Gasteiger partial charge in [0.1, 0.15) is 5.82 Å². The lowest BCUT2D eigenvalue weighted by molar-refractivity contribution is -0.117. The topological polar surface area (TPSA) is 32.3 Å². The van der Waals surface area contributed by atoms with Crippen molar-refractivity contribution >= 4 is 27.5 Å². The first-order valence-corrected chi connectivity index (χ1v) is 8.85. The molecule has 1 N–H and O–H groups in total. The Morgan fingerprint density at radius 2 is 1.96 bits per heavy atom. The maximum absolute atomic E-state index is 13.0. The molecule has 2 aromatic carbocycles. The molecular formula is C19H20BrFN2O. The van der Waals surface area contributed by atoms with Gasteiger partial charge in [-0.15, -0.1) is 0 Å². The Balaban J connectivity index is 1.62. The van der Waals surface area contributed by atoms with Crippen LogP contribution in [0.2, 0.25) is 0 Å². The number of carbonyl (C=O) groups excluding carboxylic acids is 1. The molecule has 0 aromatic heterocycles. The maximum Gasteiger partial charge on any atom is 0.238 e. The molecule has 0 aliphatic heterocycles. The SMILES string of the molecule is Cc1cc(Br)ccc1NC(=O)CN(Cc1ccc(F)cc1)C1CC1. The molecule has 0 bridgehead atoms.